The van der Waals surface area contributed by atoms with E-state index in [2.05, 4.69) is 20.6 Å². The number of carbonyl (C=O) groups excluding carboxylic acids is 2. The number of aromatic nitrogens is 2. The van der Waals surface area contributed by atoms with E-state index in [1.807, 2.05) is 6.92 Å². The van der Waals surface area contributed by atoms with Crippen molar-refractivity contribution in [2.24, 2.45) is 5.73 Å². The number of rotatable bonds is 7. The zero-order valence-corrected chi connectivity index (χ0v) is 10.3. The fraction of sp³-hybridized carbons (Fsp3) is 0.455. The average Bonchev–Trinajstić information content (AvgIpc) is 2.35. The highest BCUT2D eigenvalue weighted by molar-refractivity contribution is 5.92. The second kappa shape index (κ2) is 7.21. The molecule has 7 heteroatoms. The lowest BCUT2D eigenvalue weighted by Gasteiger charge is -2.05. The fourth-order valence-corrected chi connectivity index (χ4v) is 1.27. The minimum Gasteiger partial charge on any atom is -0.370 e. The van der Waals surface area contributed by atoms with Crippen molar-refractivity contribution in [1.82, 2.24) is 15.3 Å². The number of nitrogens with two attached hydrogens (primary N) is 1. The number of carbonyl (C=O) groups is 2. The summed E-state index contributed by atoms with van der Waals surface area (Å²) in [6.45, 7) is 3.08. The summed E-state index contributed by atoms with van der Waals surface area (Å²) in [7, 11) is 0. The first-order valence-corrected chi connectivity index (χ1v) is 5.76. The maximum Gasteiger partial charge on any atom is 0.271 e. The molecule has 1 rings (SSSR count). The molecule has 0 bridgehead atoms. The summed E-state index contributed by atoms with van der Waals surface area (Å²) in [6.07, 6.45) is 3.68. The highest BCUT2D eigenvalue weighted by Crippen LogP contribution is 2.00. The molecule has 0 spiro atoms. The van der Waals surface area contributed by atoms with Crippen LogP contribution in [-0.4, -0.2) is 34.9 Å². The van der Waals surface area contributed by atoms with Crippen molar-refractivity contribution < 1.29 is 9.59 Å². The SMILES string of the molecule is CCNc1cnc(C(=O)NCCCC(N)=O)cn1. The van der Waals surface area contributed by atoms with Gasteiger partial charge in [-0.3, -0.25) is 9.59 Å². The largest absolute Gasteiger partial charge is 0.370 e. The van der Waals surface area contributed by atoms with Gasteiger partial charge in [-0.1, -0.05) is 0 Å². The van der Waals surface area contributed by atoms with Gasteiger partial charge in [0.05, 0.1) is 12.4 Å². The zero-order valence-electron chi connectivity index (χ0n) is 10.3. The van der Waals surface area contributed by atoms with Gasteiger partial charge in [0, 0.05) is 19.5 Å². The molecule has 0 radical (unpaired) electrons. The van der Waals surface area contributed by atoms with Crippen LogP contribution in [0.15, 0.2) is 12.4 Å². The van der Waals surface area contributed by atoms with Crippen LogP contribution in [0, 0.1) is 0 Å². The summed E-state index contributed by atoms with van der Waals surface area (Å²) < 4.78 is 0. The molecule has 7 nitrogen and oxygen atoms in total. The van der Waals surface area contributed by atoms with E-state index in [9.17, 15) is 9.59 Å². The first-order valence-electron chi connectivity index (χ1n) is 5.76. The van der Waals surface area contributed by atoms with Gasteiger partial charge in [-0.2, -0.15) is 0 Å². The summed E-state index contributed by atoms with van der Waals surface area (Å²) in [5.41, 5.74) is 5.23. The van der Waals surface area contributed by atoms with Crippen LogP contribution >= 0.6 is 0 Å². The number of hydrogen-bond acceptors (Lipinski definition) is 5. The third-order valence-corrected chi connectivity index (χ3v) is 2.13. The Labute approximate surface area is 105 Å². The summed E-state index contributed by atoms with van der Waals surface area (Å²) in [4.78, 5) is 30.1. The van der Waals surface area contributed by atoms with E-state index in [1.54, 1.807) is 0 Å². The van der Waals surface area contributed by atoms with Crippen LogP contribution in [0.5, 0.6) is 0 Å². The predicted molar refractivity (Wildman–Crippen MR) is 67.0 cm³/mol. The molecule has 0 aliphatic carbocycles. The fourth-order valence-electron chi connectivity index (χ4n) is 1.27. The van der Waals surface area contributed by atoms with E-state index >= 15 is 0 Å². The minimum absolute atomic E-state index is 0.246. The Morgan fingerprint density at radius 1 is 1.33 bits per heavy atom. The molecule has 0 atom stereocenters. The van der Waals surface area contributed by atoms with Crippen molar-refractivity contribution in [1.29, 1.82) is 0 Å². The number of nitrogens with one attached hydrogen (secondary N) is 2. The minimum atomic E-state index is -0.376. The van der Waals surface area contributed by atoms with Crippen molar-refractivity contribution in [2.75, 3.05) is 18.4 Å². The first kappa shape index (κ1) is 13.9. The van der Waals surface area contributed by atoms with Crippen molar-refractivity contribution in [3.63, 3.8) is 0 Å². The predicted octanol–water partition coefficient (Wildman–Crippen LogP) is -0.0963. The monoisotopic (exact) mass is 251 g/mol. The molecule has 1 aromatic heterocycles. The van der Waals surface area contributed by atoms with Crippen molar-refractivity contribution >= 4 is 17.6 Å². The molecule has 18 heavy (non-hydrogen) atoms. The lowest BCUT2D eigenvalue weighted by atomic mass is 10.3. The van der Waals surface area contributed by atoms with E-state index in [1.165, 1.54) is 12.4 Å². The van der Waals surface area contributed by atoms with Crippen molar-refractivity contribution in [3.8, 4) is 0 Å². The Morgan fingerprint density at radius 2 is 2.11 bits per heavy atom. The van der Waals surface area contributed by atoms with Gasteiger partial charge in [0.15, 0.2) is 0 Å². The summed E-state index contributed by atoms with van der Waals surface area (Å²) in [5, 5.41) is 5.62. The topological polar surface area (TPSA) is 110 Å². The van der Waals surface area contributed by atoms with Gasteiger partial charge >= 0.3 is 0 Å². The van der Waals surface area contributed by atoms with Gasteiger partial charge in [0.2, 0.25) is 5.91 Å². The van der Waals surface area contributed by atoms with Crippen molar-refractivity contribution in [2.45, 2.75) is 19.8 Å². The summed E-state index contributed by atoms with van der Waals surface area (Å²) in [6, 6.07) is 0. The van der Waals surface area contributed by atoms with Crippen LogP contribution in [0.4, 0.5) is 5.82 Å². The Kier molecular flexibility index (Phi) is 5.56. The van der Waals surface area contributed by atoms with Crippen LogP contribution in [0.2, 0.25) is 0 Å². The molecule has 0 unspecified atom stereocenters. The van der Waals surface area contributed by atoms with Gasteiger partial charge in [-0.25, -0.2) is 9.97 Å². The van der Waals surface area contributed by atoms with Gasteiger partial charge in [-0.05, 0) is 13.3 Å². The van der Waals surface area contributed by atoms with Gasteiger partial charge in [-0.15, -0.1) is 0 Å². The normalized spacial score (nSPS) is 9.83. The van der Waals surface area contributed by atoms with E-state index in [0.29, 0.717) is 18.8 Å². The Bertz CT molecular complexity index is 404. The van der Waals surface area contributed by atoms with Crippen LogP contribution < -0.4 is 16.4 Å². The second-order valence-corrected chi connectivity index (χ2v) is 3.64. The highest BCUT2D eigenvalue weighted by atomic mass is 16.2. The lowest BCUT2D eigenvalue weighted by molar-refractivity contribution is -0.118. The molecule has 98 valence electrons. The quantitative estimate of drug-likeness (QED) is 0.586. The number of nitrogens with zero attached hydrogens (tertiary/aromatic N) is 2. The average molecular weight is 251 g/mol. The van der Waals surface area contributed by atoms with Crippen LogP contribution in [-0.2, 0) is 4.79 Å². The number of primary amides is 1. The van der Waals surface area contributed by atoms with Gasteiger partial charge in [0.25, 0.3) is 5.91 Å². The smallest absolute Gasteiger partial charge is 0.271 e. The van der Waals surface area contributed by atoms with Crippen LogP contribution in [0.1, 0.15) is 30.3 Å². The molecule has 4 N–H and O–H groups in total. The Morgan fingerprint density at radius 3 is 2.67 bits per heavy atom. The molecular formula is C11H17N5O2. The third kappa shape index (κ3) is 4.77. The Hall–Kier alpha value is -2.18. The molecule has 0 fully saturated rings. The maximum absolute atomic E-state index is 11.6. The van der Waals surface area contributed by atoms with E-state index in [0.717, 1.165) is 6.54 Å². The van der Waals surface area contributed by atoms with Gasteiger partial charge in [0.1, 0.15) is 11.5 Å². The highest BCUT2D eigenvalue weighted by Gasteiger charge is 2.07. The number of amides is 2. The number of anilines is 1. The first-order chi connectivity index (χ1) is 8.63. The van der Waals surface area contributed by atoms with Gasteiger partial charge < -0.3 is 16.4 Å². The van der Waals surface area contributed by atoms with E-state index < -0.39 is 0 Å². The van der Waals surface area contributed by atoms with Crippen molar-refractivity contribution in [3.05, 3.63) is 18.1 Å². The molecule has 0 aliphatic rings. The third-order valence-electron chi connectivity index (χ3n) is 2.13. The molecule has 0 aromatic carbocycles. The van der Waals surface area contributed by atoms with E-state index in [4.69, 9.17) is 5.73 Å². The molecule has 0 saturated heterocycles. The molecule has 0 saturated carbocycles. The number of hydrogen-bond donors (Lipinski definition) is 3. The standard InChI is InChI=1S/C11H17N5O2/c1-2-13-10-7-15-8(6-16-10)11(18)14-5-3-4-9(12)17/h6-7H,2-5H2,1H3,(H2,12,17)(H,13,16)(H,14,18). The summed E-state index contributed by atoms with van der Waals surface area (Å²) >= 11 is 0. The second-order valence-electron chi connectivity index (χ2n) is 3.64. The lowest BCUT2D eigenvalue weighted by Crippen LogP contribution is -2.26. The van der Waals surface area contributed by atoms with Crippen LogP contribution in [0.3, 0.4) is 0 Å². The molecule has 1 aromatic rings. The summed E-state index contributed by atoms with van der Waals surface area (Å²) in [5.74, 6) is -0.0585. The zero-order chi connectivity index (χ0) is 13.4. The molecule has 2 amide bonds. The molecule has 0 aliphatic heterocycles. The molecular weight excluding hydrogens is 234 g/mol. The molecule has 1 heterocycles. The maximum atomic E-state index is 11.6. The Balaban J connectivity index is 2.39. The van der Waals surface area contributed by atoms with E-state index in [-0.39, 0.29) is 23.9 Å². The van der Waals surface area contributed by atoms with Crippen LogP contribution in [0.25, 0.3) is 0 Å².